The van der Waals surface area contributed by atoms with Crippen molar-refractivity contribution >= 4 is 29.1 Å². The Morgan fingerprint density at radius 2 is 1.79 bits per heavy atom. The van der Waals surface area contributed by atoms with Crippen molar-refractivity contribution in [1.29, 1.82) is 0 Å². The summed E-state index contributed by atoms with van der Waals surface area (Å²) in [5.41, 5.74) is 1.06. The summed E-state index contributed by atoms with van der Waals surface area (Å²) in [5, 5.41) is 3.23. The number of rotatable bonds is 5. The third-order valence-corrected chi connectivity index (χ3v) is 4.85. The third kappa shape index (κ3) is 4.99. The molecule has 1 N–H and O–H groups in total. The first kappa shape index (κ1) is 20.1. The van der Waals surface area contributed by atoms with E-state index >= 15 is 0 Å². The van der Waals surface area contributed by atoms with E-state index in [0.29, 0.717) is 48.2 Å². The lowest BCUT2D eigenvalue weighted by atomic mass is 10.2. The van der Waals surface area contributed by atoms with Crippen molar-refractivity contribution in [3.8, 4) is 5.75 Å². The highest BCUT2D eigenvalue weighted by Gasteiger charge is 2.23. The molecular weight excluding hydrogens is 385 g/mol. The van der Waals surface area contributed by atoms with E-state index in [1.165, 1.54) is 31.4 Å². The van der Waals surface area contributed by atoms with Crippen LogP contribution in [0.5, 0.6) is 5.75 Å². The van der Waals surface area contributed by atoms with Gasteiger partial charge in [0.15, 0.2) is 0 Å². The minimum Gasteiger partial charge on any atom is -0.495 e. The summed E-state index contributed by atoms with van der Waals surface area (Å²) in [7, 11) is 1.53. The van der Waals surface area contributed by atoms with E-state index in [1.807, 2.05) is 4.90 Å². The maximum Gasteiger partial charge on any atom is 0.253 e. The molecule has 0 radical (unpaired) electrons. The van der Waals surface area contributed by atoms with Crippen LogP contribution in [-0.4, -0.2) is 61.4 Å². The Labute approximate surface area is 167 Å². The van der Waals surface area contributed by atoms with Crippen molar-refractivity contribution in [1.82, 2.24) is 9.80 Å². The number of nitrogens with zero attached hydrogens (tertiary/aromatic N) is 2. The molecule has 6 nitrogen and oxygen atoms in total. The summed E-state index contributed by atoms with van der Waals surface area (Å²) in [5.74, 6) is -0.108. The molecule has 0 aliphatic carbocycles. The average Bonchev–Trinajstić information content (AvgIpc) is 2.69. The SMILES string of the molecule is COc1ccc(NC(=O)CN2CCN(C(=O)c3ccc(F)cc3)CC2)cc1Cl. The van der Waals surface area contributed by atoms with Gasteiger partial charge in [0, 0.05) is 37.4 Å². The maximum absolute atomic E-state index is 13.0. The van der Waals surface area contributed by atoms with E-state index < -0.39 is 0 Å². The zero-order valence-corrected chi connectivity index (χ0v) is 16.2. The highest BCUT2D eigenvalue weighted by Crippen LogP contribution is 2.27. The van der Waals surface area contributed by atoms with E-state index in [2.05, 4.69) is 5.32 Å². The Hall–Kier alpha value is -2.64. The lowest BCUT2D eigenvalue weighted by molar-refractivity contribution is -0.117. The van der Waals surface area contributed by atoms with Gasteiger partial charge in [0.2, 0.25) is 5.91 Å². The fourth-order valence-electron chi connectivity index (χ4n) is 3.03. The molecule has 1 heterocycles. The molecule has 1 fully saturated rings. The van der Waals surface area contributed by atoms with Crippen molar-refractivity contribution in [2.24, 2.45) is 0 Å². The number of amides is 2. The molecule has 0 atom stereocenters. The molecule has 0 spiro atoms. The molecule has 1 aliphatic heterocycles. The molecule has 1 aliphatic rings. The predicted octanol–water partition coefficient (Wildman–Crippen LogP) is 2.88. The standard InChI is InChI=1S/C20H21ClFN3O3/c1-28-18-7-6-16(12-17(18)21)23-19(26)13-24-8-10-25(11-9-24)20(27)14-2-4-15(22)5-3-14/h2-7,12H,8-11,13H2,1H3,(H,23,26). The summed E-state index contributed by atoms with van der Waals surface area (Å²) in [6, 6.07) is 10.6. The van der Waals surface area contributed by atoms with Gasteiger partial charge in [0.05, 0.1) is 18.7 Å². The lowest BCUT2D eigenvalue weighted by Crippen LogP contribution is -2.50. The van der Waals surface area contributed by atoms with Gasteiger partial charge in [-0.1, -0.05) is 11.6 Å². The van der Waals surface area contributed by atoms with Crippen molar-refractivity contribution in [3.05, 3.63) is 58.9 Å². The maximum atomic E-state index is 13.0. The second-order valence-corrected chi connectivity index (χ2v) is 6.88. The molecule has 2 aromatic carbocycles. The van der Waals surface area contributed by atoms with Gasteiger partial charge in [0.1, 0.15) is 11.6 Å². The van der Waals surface area contributed by atoms with Crippen molar-refractivity contribution in [2.45, 2.75) is 0 Å². The Balaban J connectivity index is 1.48. The van der Waals surface area contributed by atoms with Gasteiger partial charge in [0.25, 0.3) is 5.91 Å². The molecule has 2 amide bonds. The molecule has 0 unspecified atom stereocenters. The Morgan fingerprint density at radius 1 is 1.11 bits per heavy atom. The fourth-order valence-corrected chi connectivity index (χ4v) is 3.29. The molecule has 0 saturated carbocycles. The Kier molecular flexibility index (Phi) is 6.49. The molecular formula is C20H21ClFN3O3. The monoisotopic (exact) mass is 405 g/mol. The van der Waals surface area contributed by atoms with E-state index in [-0.39, 0.29) is 24.2 Å². The highest BCUT2D eigenvalue weighted by molar-refractivity contribution is 6.32. The molecule has 8 heteroatoms. The van der Waals surface area contributed by atoms with Crippen LogP contribution in [0.3, 0.4) is 0 Å². The molecule has 0 aromatic heterocycles. The normalized spacial score (nSPS) is 14.6. The van der Waals surface area contributed by atoms with E-state index in [1.54, 1.807) is 23.1 Å². The van der Waals surface area contributed by atoms with Crippen molar-refractivity contribution in [2.75, 3.05) is 45.2 Å². The van der Waals surface area contributed by atoms with Crippen LogP contribution in [0.1, 0.15) is 10.4 Å². The Morgan fingerprint density at radius 3 is 2.39 bits per heavy atom. The molecule has 1 saturated heterocycles. The van der Waals surface area contributed by atoms with Gasteiger partial charge in [-0.15, -0.1) is 0 Å². The first-order chi connectivity index (χ1) is 13.5. The topological polar surface area (TPSA) is 61.9 Å². The van der Waals surface area contributed by atoms with Crippen LogP contribution in [0.15, 0.2) is 42.5 Å². The van der Waals surface area contributed by atoms with Crippen molar-refractivity contribution < 1.29 is 18.7 Å². The summed E-state index contributed by atoms with van der Waals surface area (Å²) in [6.07, 6.45) is 0. The lowest BCUT2D eigenvalue weighted by Gasteiger charge is -2.34. The smallest absolute Gasteiger partial charge is 0.253 e. The number of carbonyl (C=O) groups excluding carboxylic acids is 2. The van der Waals surface area contributed by atoms with Crippen LogP contribution in [0, 0.1) is 5.82 Å². The number of benzene rings is 2. The van der Waals surface area contributed by atoms with Crippen LogP contribution in [0.2, 0.25) is 5.02 Å². The highest BCUT2D eigenvalue weighted by atomic mass is 35.5. The third-order valence-electron chi connectivity index (χ3n) is 4.55. The van der Waals surface area contributed by atoms with Gasteiger partial charge in [-0.2, -0.15) is 0 Å². The van der Waals surface area contributed by atoms with Crippen LogP contribution in [-0.2, 0) is 4.79 Å². The number of hydrogen-bond acceptors (Lipinski definition) is 4. The number of piperazine rings is 1. The number of hydrogen-bond donors (Lipinski definition) is 1. The number of methoxy groups -OCH3 is 1. The first-order valence-corrected chi connectivity index (χ1v) is 9.24. The molecule has 28 heavy (non-hydrogen) atoms. The van der Waals surface area contributed by atoms with Gasteiger partial charge in [-0.3, -0.25) is 14.5 Å². The predicted molar refractivity (Wildman–Crippen MR) is 105 cm³/mol. The van der Waals surface area contributed by atoms with E-state index in [0.717, 1.165) is 0 Å². The van der Waals surface area contributed by atoms with Gasteiger partial charge in [-0.05, 0) is 42.5 Å². The van der Waals surface area contributed by atoms with Gasteiger partial charge in [-0.25, -0.2) is 4.39 Å². The minimum absolute atomic E-state index is 0.128. The van der Waals surface area contributed by atoms with Crippen molar-refractivity contribution in [3.63, 3.8) is 0 Å². The van der Waals surface area contributed by atoms with Crippen LogP contribution in [0.25, 0.3) is 0 Å². The van der Waals surface area contributed by atoms with Gasteiger partial charge < -0.3 is 15.0 Å². The Bertz CT molecular complexity index is 852. The second kappa shape index (κ2) is 9.03. The summed E-state index contributed by atoms with van der Waals surface area (Å²) in [4.78, 5) is 28.4. The number of halogens is 2. The average molecular weight is 406 g/mol. The van der Waals surface area contributed by atoms with Crippen LogP contribution >= 0.6 is 11.6 Å². The fraction of sp³-hybridized carbons (Fsp3) is 0.300. The largest absolute Gasteiger partial charge is 0.495 e. The molecule has 0 bridgehead atoms. The van der Waals surface area contributed by atoms with Crippen LogP contribution < -0.4 is 10.1 Å². The van der Waals surface area contributed by atoms with E-state index in [9.17, 15) is 14.0 Å². The zero-order chi connectivity index (χ0) is 20.1. The minimum atomic E-state index is -0.370. The number of nitrogens with one attached hydrogen (secondary N) is 1. The zero-order valence-electron chi connectivity index (χ0n) is 15.5. The van der Waals surface area contributed by atoms with E-state index in [4.69, 9.17) is 16.3 Å². The van der Waals surface area contributed by atoms with Crippen LogP contribution in [0.4, 0.5) is 10.1 Å². The van der Waals surface area contributed by atoms with Gasteiger partial charge >= 0.3 is 0 Å². The molecule has 148 valence electrons. The first-order valence-electron chi connectivity index (χ1n) is 8.87. The summed E-state index contributed by atoms with van der Waals surface area (Å²) >= 11 is 6.06. The molecule has 3 rings (SSSR count). The quantitative estimate of drug-likeness (QED) is 0.830. The number of anilines is 1. The summed E-state index contributed by atoms with van der Waals surface area (Å²) < 4.78 is 18.1. The molecule has 2 aromatic rings. The second-order valence-electron chi connectivity index (χ2n) is 6.47. The number of ether oxygens (including phenoxy) is 1. The number of carbonyl (C=O) groups is 2. The summed E-state index contributed by atoms with van der Waals surface area (Å²) in [6.45, 7) is 2.42.